The van der Waals surface area contributed by atoms with E-state index in [4.69, 9.17) is 22.1 Å². The van der Waals surface area contributed by atoms with Gasteiger partial charge in [-0.2, -0.15) is 0 Å². The number of methoxy groups -OCH3 is 1. The van der Waals surface area contributed by atoms with E-state index in [2.05, 4.69) is 10.3 Å². The van der Waals surface area contributed by atoms with Crippen LogP contribution in [0.1, 0.15) is 15.9 Å². The number of ether oxygens (including phenoxy) is 1. The van der Waals surface area contributed by atoms with E-state index in [-0.39, 0.29) is 5.91 Å². The quantitative estimate of drug-likeness (QED) is 0.847. The molecule has 6 heteroatoms. The molecule has 3 N–H and O–H groups in total. The van der Waals surface area contributed by atoms with Gasteiger partial charge in [0.15, 0.2) is 0 Å². The molecule has 0 atom stereocenters. The largest absolute Gasteiger partial charge is 0.481 e. The molecule has 0 radical (unpaired) electrons. The number of nitrogen functional groups attached to an aromatic ring is 1. The van der Waals surface area contributed by atoms with E-state index in [1.165, 1.54) is 0 Å². The molecule has 0 aliphatic carbocycles. The number of rotatable bonds is 4. The first-order chi connectivity index (χ1) is 9.60. The number of aromatic nitrogens is 1. The zero-order valence-electron chi connectivity index (χ0n) is 10.9. The van der Waals surface area contributed by atoms with Gasteiger partial charge in [0.2, 0.25) is 5.88 Å². The van der Waals surface area contributed by atoms with Crippen molar-refractivity contribution < 1.29 is 9.53 Å². The molecule has 1 heterocycles. The highest BCUT2D eigenvalue weighted by atomic mass is 35.5. The number of amides is 1. The van der Waals surface area contributed by atoms with Crippen LogP contribution in [0.3, 0.4) is 0 Å². The van der Waals surface area contributed by atoms with Crippen LogP contribution in [-0.2, 0) is 6.54 Å². The fourth-order valence-corrected chi connectivity index (χ4v) is 1.81. The number of nitrogens with one attached hydrogen (secondary N) is 1. The molecule has 0 unspecified atom stereocenters. The highest BCUT2D eigenvalue weighted by molar-refractivity contribution is 6.33. The van der Waals surface area contributed by atoms with Gasteiger partial charge >= 0.3 is 0 Å². The number of hydrogen-bond donors (Lipinski definition) is 2. The first-order valence-electron chi connectivity index (χ1n) is 5.92. The maximum absolute atomic E-state index is 12.0. The highest BCUT2D eigenvalue weighted by Crippen LogP contribution is 2.19. The second kappa shape index (κ2) is 6.25. The summed E-state index contributed by atoms with van der Waals surface area (Å²) in [5.41, 5.74) is 7.41. The lowest BCUT2D eigenvalue weighted by atomic mass is 10.2. The van der Waals surface area contributed by atoms with Crippen molar-refractivity contribution in [1.29, 1.82) is 0 Å². The molecule has 2 rings (SSSR count). The fourth-order valence-electron chi connectivity index (χ4n) is 1.62. The van der Waals surface area contributed by atoms with Gasteiger partial charge in [0.25, 0.3) is 5.91 Å². The Labute approximate surface area is 121 Å². The van der Waals surface area contributed by atoms with Gasteiger partial charge in [-0.25, -0.2) is 4.98 Å². The molecule has 0 aliphatic heterocycles. The standard InChI is InChI=1S/C14H14ClN3O2/c1-20-13-6-9(4-5-17-13)8-18-14(19)10-2-3-12(16)11(15)7-10/h2-7H,8,16H2,1H3,(H,18,19). The maximum atomic E-state index is 12.0. The van der Waals surface area contributed by atoms with Gasteiger partial charge in [0.05, 0.1) is 17.8 Å². The van der Waals surface area contributed by atoms with E-state index in [0.29, 0.717) is 28.7 Å². The molecular formula is C14H14ClN3O2. The second-order valence-electron chi connectivity index (χ2n) is 4.13. The van der Waals surface area contributed by atoms with E-state index in [1.54, 1.807) is 43.6 Å². The van der Waals surface area contributed by atoms with Gasteiger partial charge in [-0.3, -0.25) is 4.79 Å². The lowest BCUT2D eigenvalue weighted by Gasteiger charge is -2.07. The van der Waals surface area contributed by atoms with Gasteiger partial charge in [0.1, 0.15) is 0 Å². The number of carbonyl (C=O) groups excluding carboxylic acids is 1. The van der Waals surface area contributed by atoms with E-state index < -0.39 is 0 Å². The Morgan fingerprint density at radius 2 is 2.20 bits per heavy atom. The van der Waals surface area contributed by atoms with Gasteiger partial charge in [0, 0.05) is 24.4 Å². The average molecular weight is 292 g/mol. The first kappa shape index (κ1) is 14.1. The van der Waals surface area contributed by atoms with Gasteiger partial charge < -0.3 is 15.8 Å². The van der Waals surface area contributed by atoms with E-state index in [9.17, 15) is 4.79 Å². The molecule has 0 bridgehead atoms. The number of hydrogen-bond acceptors (Lipinski definition) is 4. The summed E-state index contributed by atoms with van der Waals surface area (Å²) >= 11 is 5.88. The molecule has 0 aliphatic rings. The number of halogens is 1. The molecule has 0 saturated heterocycles. The average Bonchev–Trinajstić information content (AvgIpc) is 2.47. The zero-order chi connectivity index (χ0) is 14.5. The van der Waals surface area contributed by atoms with Crippen LogP contribution in [0.4, 0.5) is 5.69 Å². The van der Waals surface area contributed by atoms with Crippen LogP contribution in [0.25, 0.3) is 0 Å². The third-order valence-corrected chi connectivity index (χ3v) is 3.05. The minimum Gasteiger partial charge on any atom is -0.481 e. The monoisotopic (exact) mass is 291 g/mol. The number of carbonyl (C=O) groups is 1. The van der Waals surface area contributed by atoms with E-state index in [0.717, 1.165) is 5.56 Å². The lowest BCUT2D eigenvalue weighted by Crippen LogP contribution is -2.22. The Balaban J connectivity index is 2.02. The van der Waals surface area contributed by atoms with Crippen molar-refractivity contribution in [2.75, 3.05) is 12.8 Å². The van der Waals surface area contributed by atoms with Crippen LogP contribution in [-0.4, -0.2) is 18.0 Å². The third kappa shape index (κ3) is 3.39. The van der Waals surface area contributed by atoms with E-state index in [1.807, 2.05) is 0 Å². The Morgan fingerprint density at radius 3 is 2.90 bits per heavy atom. The smallest absolute Gasteiger partial charge is 0.251 e. The number of nitrogens with two attached hydrogens (primary N) is 1. The molecule has 0 saturated carbocycles. The molecule has 5 nitrogen and oxygen atoms in total. The summed E-state index contributed by atoms with van der Waals surface area (Å²) in [6.45, 7) is 0.375. The van der Waals surface area contributed by atoms with Crippen LogP contribution in [0.15, 0.2) is 36.5 Å². The van der Waals surface area contributed by atoms with Crippen molar-refractivity contribution in [3.05, 3.63) is 52.7 Å². The topological polar surface area (TPSA) is 77.2 Å². The number of benzene rings is 1. The molecular weight excluding hydrogens is 278 g/mol. The SMILES string of the molecule is COc1cc(CNC(=O)c2ccc(N)c(Cl)c2)ccn1. The maximum Gasteiger partial charge on any atom is 0.251 e. The highest BCUT2D eigenvalue weighted by Gasteiger charge is 2.07. The summed E-state index contributed by atoms with van der Waals surface area (Å²) in [4.78, 5) is 16.0. The molecule has 1 aromatic carbocycles. The van der Waals surface area contributed by atoms with Crippen LogP contribution in [0.2, 0.25) is 5.02 Å². The van der Waals surface area contributed by atoms with Crippen LogP contribution >= 0.6 is 11.6 Å². The molecule has 1 aromatic heterocycles. The van der Waals surface area contributed by atoms with Crippen molar-refractivity contribution in [3.8, 4) is 5.88 Å². The van der Waals surface area contributed by atoms with Gasteiger partial charge in [-0.1, -0.05) is 11.6 Å². The minimum absolute atomic E-state index is 0.220. The van der Waals surface area contributed by atoms with Crippen molar-refractivity contribution >= 4 is 23.2 Å². The summed E-state index contributed by atoms with van der Waals surface area (Å²) in [6.07, 6.45) is 1.63. The Hall–Kier alpha value is -2.27. The number of nitrogens with zero attached hydrogens (tertiary/aromatic N) is 1. The first-order valence-corrected chi connectivity index (χ1v) is 6.30. The summed E-state index contributed by atoms with van der Waals surface area (Å²) < 4.78 is 5.02. The van der Waals surface area contributed by atoms with Crippen molar-refractivity contribution in [1.82, 2.24) is 10.3 Å². The second-order valence-corrected chi connectivity index (χ2v) is 4.53. The summed E-state index contributed by atoms with van der Waals surface area (Å²) in [6, 6.07) is 8.34. The number of pyridine rings is 1. The summed E-state index contributed by atoms with van der Waals surface area (Å²) in [5, 5.41) is 3.16. The van der Waals surface area contributed by atoms with Crippen molar-refractivity contribution in [2.24, 2.45) is 0 Å². The minimum atomic E-state index is -0.220. The van der Waals surface area contributed by atoms with Crippen LogP contribution < -0.4 is 15.8 Å². The zero-order valence-corrected chi connectivity index (χ0v) is 11.6. The molecule has 2 aromatic rings. The Bertz CT molecular complexity index is 632. The summed E-state index contributed by atoms with van der Waals surface area (Å²) in [7, 11) is 1.54. The third-order valence-electron chi connectivity index (χ3n) is 2.72. The van der Waals surface area contributed by atoms with E-state index >= 15 is 0 Å². The molecule has 0 fully saturated rings. The predicted molar refractivity (Wildman–Crippen MR) is 77.8 cm³/mol. The predicted octanol–water partition coefficient (Wildman–Crippen LogP) is 2.26. The fraction of sp³-hybridized carbons (Fsp3) is 0.143. The molecule has 0 spiro atoms. The lowest BCUT2D eigenvalue weighted by molar-refractivity contribution is 0.0951. The van der Waals surface area contributed by atoms with Crippen LogP contribution in [0, 0.1) is 0 Å². The Kier molecular flexibility index (Phi) is 4.42. The van der Waals surface area contributed by atoms with Gasteiger partial charge in [-0.15, -0.1) is 0 Å². The van der Waals surface area contributed by atoms with Crippen molar-refractivity contribution in [3.63, 3.8) is 0 Å². The molecule has 20 heavy (non-hydrogen) atoms. The van der Waals surface area contributed by atoms with Gasteiger partial charge in [-0.05, 0) is 29.8 Å². The molecule has 104 valence electrons. The number of anilines is 1. The van der Waals surface area contributed by atoms with Crippen LogP contribution in [0.5, 0.6) is 5.88 Å². The van der Waals surface area contributed by atoms with Crippen molar-refractivity contribution in [2.45, 2.75) is 6.54 Å². The Morgan fingerprint density at radius 1 is 1.40 bits per heavy atom. The molecule has 1 amide bonds. The normalized spacial score (nSPS) is 10.1. The summed E-state index contributed by atoms with van der Waals surface area (Å²) in [5.74, 6) is 0.287.